The van der Waals surface area contributed by atoms with Gasteiger partial charge in [0.05, 0.1) is 0 Å². The Morgan fingerprint density at radius 1 is 1.50 bits per heavy atom. The van der Waals surface area contributed by atoms with E-state index < -0.39 is 0 Å². The van der Waals surface area contributed by atoms with Gasteiger partial charge in [-0.05, 0) is 12.8 Å². The standard InChI is InChI=1S/C10H18N2S2/c1-8(2)9(3)11-4-6-13-10-12-5-7-14-10/h5,7-9,11H,4,6H2,1-3H3. The molecule has 0 radical (unpaired) electrons. The van der Waals surface area contributed by atoms with Crippen molar-refractivity contribution in [3.63, 3.8) is 0 Å². The molecule has 0 amide bonds. The molecule has 0 aromatic carbocycles. The number of hydrogen-bond donors (Lipinski definition) is 1. The van der Waals surface area contributed by atoms with Crippen LogP contribution in [0.2, 0.25) is 0 Å². The van der Waals surface area contributed by atoms with E-state index in [1.54, 1.807) is 11.3 Å². The monoisotopic (exact) mass is 230 g/mol. The van der Waals surface area contributed by atoms with Crippen molar-refractivity contribution in [1.82, 2.24) is 10.3 Å². The zero-order valence-corrected chi connectivity index (χ0v) is 10.6. The minimum absolute atomic E-state index is 0.604. The van der Waals surface area contributed by atoms with Gasteiger partial charge in [-0.1, -0.05) is 25.6 Å². The molecule has 0 fully saturated rings. The maximum atomic E-state index is 4.22. The van der Waals surface area contributed by atoms with Crippen LogP contribution in [0.5, 0.6) is 0 Å². The normalized spacial score (nSPS) is 13.4. The van der Waals surface area contributed by atoms with Gasteiger partial charge < -0.3 is 5.32 Å². The molecule has 4 heteroatoms. The number of nitrogens with one attached hydrogen (secondary N) is 1. The highest BCUT2D eigenvalue weighted by atomic mass is 32.2. The summed E-state index contributed by atoms with van der Waals surface area (Å²) in [6.45, 7) is 7.78. The van der Waals surface area contributed by atoms with Crippen molar-refractivity contribution >= 4 is 23.1 Å². The molecule has 0 aliphatic heterocycles. The van der Waals surface area contributed by atoms with Gasteiger partial charge in [-0.2, -0.15) is 0 Å². The van der Waals surface area contributed by atoms with Gasteiger partial charge in [-0.3, -0.25) is 0 Å². The first-order valence-corrected chi connectivity index (χ1v) is 6.82. The van der Waals surface area contributed by atoms with E-state index >= 15 is 0 Å². The predicted molar refractivity (Wildman–Crippen MR) is 65.1 cm³/mol. The van der Waals surface area contributed by atoms with Crippen LogP contribution < -0.4 is 5.32 Å². The van der Waals surface area contributed by atoms with Gasteiger partial charge in [-0.15, -0.1) is 11.3 Å². The smallest absolute Gasteiger partial charge is 0.149 e. The fourth-order valence-corrected chi connectivity index (χ4v) is 2.52. The minimum atomic E-state index is 0.604. The van der Waals surface area contributed by atoms with Crippen LogP contribution in [0.3, 0.4) is 0 Å². The number of nitrogens with zero attached hydrogens (tertiary/aromatic N) is 1. The molecule has 2 nitrogen and oxygen atoms in total. The largest absolute Gasteiger partial charge is 0.313 e. The van der Waals surface area contributed by atoms with Gasteiger partial charge in [-0.25, -0.2) is 4.98 Å². The number of hydrogen-bond acceptors (Lipinski definition) is 4. The molecule has 1 unspecified atom stereocenters. The molecule has 1 atom stereocenters. The Balaban J connectivity index is 2.05. The third-order valence-corrected chi connectivity index (χ3v) is 4.17. The highest BCUT2D eigenvalue weighted by molar-refractivity contribution is 8.01. The van der Waals surface area contributed by atoms with E-state index in [4.69, 9.17) is 0 Å². The van der Waals surface area contributed by atoms with Crippen molar-refractivity contribution in [2.75, 3.05) is 12.3 Å². The molecule has 0 spiro atoms. The summed E-state index contributed by atoms with van der Waals surface area (Å²) in [6, 6.07) is 0.604. The third-order valence-electron chi connectivity index (χ3n) is 2.20. The van der Waals surface area contributed by atoms with Gasteiger partial charge >= 0.3 is 0 Å². The molecule has 80 valence electrons. The van der Waals surface area contributed by atoms with E-state index in [1.165, 1.54) is 4.34 Å². The van der Waals surface area contributed by atoms with Crippen LogP contribution in [0.25, 0.3) is 0 Å². The highest BCUT2D eigenvalue weighted by Crippen LogP contribution is 2.19. The lowest BCUT2D eigenvalue weighted by Gasteiger charge is -2.16. The predicted octanol–water partition coefficient (Wildman–Crippen LogP) is 2.87. The van der Waals surface area contributed by atoms with E-state index in [1.807, 2.05) is 23.3 Å². The lowest BCUT2D eigenvalue weighted by molar-refractivity contribution is 0.438. The molecule has 14 heavy (non-hydrogen) atoms. The van der Waals surface area contributed by atoms with E-state index in [0.29, 0.717) is 12.0 Å². The maximum absolute atomic E-state index is 4.22. The first-order valence-electron chi connectivity index (χ1n) is 4.96. The lowest BCUT2D eigenvalue weighted by atomic mass is 10.1. The van der Waals surface area contributed by atoms with E-state index in [0.717, 1.165) is 12.3 Å². The highest BCUT2D eigenvalue weighted by Gasteiger charge is 2.05. The van der Waals surface area contributed by atoms with Crippen LogP contribution in [0, 0.1) is 5.92 Å². The first-order chi connectivity index (χ1) is 6.70. The van der Waals surface area contributed by atoms with Crippen LogP contribution >= 0.6 is 23.1 Å². The summed E-state index contributed by atoms with van der Waals surface area (Å²) in [5.41, 5.74) is 0. The van der Waals surface area contributed by atoms with E-state index in [9.17, 15) is 0 Å². The fourth-order valence-electron chi connectivity index (χ4n) is 0.942. The Hall–Kier alpha value is -0.0600. The molecule has 1 heterocycles. The van der Waals surface area contributed by atoms with Crippen molar-refractivity contribution in [1.29, 1.82) is 0 Å². The average Bonchev–Trinajstić information content (AvgIpc) is 2.64. The summed E-state index contributed by atoms with van der Waals surface area (Å²) >= 11 is 3.54. The second kappa shape index (κ2) is 6.43. The molecule has 0 bridgehead atoms. The summed E-state index contributed by atoms with van der Waals surface area (Å²) in [6.07, 6.45) is 1.86. The number of thiazole rings is 1. The maximum Gasteiger partial charge on any atom is 0.149 e. The van der Waals surface area contributed by atoms with Crippen molar-refractivity contribution < 1.29 is 0 Å². The molecule has 0 saturated carbocycles. The number of aromatic nitrogens is 1. The Bertz CT molecular complexity index is 234. The quantitative estimate of drug-likeness (QED) is 0.601. The van der Waals surface area contributed by atoms with Crippen molar-refractivity contribution in [2.24, 2.45) is 5.92 Å². The van der Waals surface area contributed by atoms with Crippen molar-refractivity contribution in [2.45, 2.75) is 31.2 Å². The second-order valence-electron chi connectivity index (χ2n) is 3.63. The molecule has 1 N–H and O–H groups in total. The summed E-state index contributed by atoms with van der Waals surface area (Å²) in [5.74, 6) is 1.81. The van der Waals surface area contributed by atoms with Crippen LogP contribution in [-0.2, 0) is 0 Å². The van der Waals surface area contributed by atoms with Crippen LogP contribution in [0.4, 0.5) is 0 Å². The van der Waals surface area contributed by atoms with E-state index in [2.05, 4.69) is 31.1 Å². The summed E-state index contributed by atoms with van der Waals surface area (Å²) < 4.78 is 1.17. The molecule has 0 aliphatic carbocycles. The Kier molecular flexibility index (Phi) is 5.52. The van der Waals surface area contributed by atoms with Gasteiger partial charge in [0.2, 0.25) is 0 Å². The molecule has 0 saturated heterocycles. The Morgan fingerprint density at radius 3 is 2.86 bits per heavy atom. The van der Waals surface area contributed by atoms with Gasteiger partial charge in [0.1, 0.15) is 4.34 Å². The van der Waals surface area contributed by atoms with Crippen LogP contribution in [0.15, 0.2) is 15.9 Å². The molecule has 0 aliphatic rings. The fraction of sp³-hybridized carbons (Fsp3) is 0.700. The summed E-state index contributed by atoms with van der Waals surface area (Å²) in [7, 11) is 0. The lowest BCUT2D eigenvalue weighted by Crippen LogP contribution is -2.32. The Morgan fingerprint density at radius 2 is 2.29 bits per heavy atom. The Labute approximate surface area is 94.5 Å². The average molecular weight is 230 g/mol. The van der Waals surface area contributed by atoms with Crippen LogP contribution in [0.1, 0.15) is 20.8 Å². The SMILES string of the molecule is CC(C)C(C)NCCSc1nccs1. The summed E-state index contributed by atoms with van der Waals surface area (Å²) in [5, 5.41) is 5.52. The van der Waals surface area contributed by atoms with Gasteiger partial charge in [0, 0.05) is 29.9 Å². The zero-order chi connectivity index (χ0) is 10.4. The van der Waals surface area contributed by atoms with Crippen molar-refractivity contribution in [3.05, 3.63) is 11.6 Å². The molecular formula is C10H18N2S2. The minimum Gasteiger partial charge on any atom is -0.313 e. The molecule has 1 aromatic rings. The topological polar surface area (TPSA) is 24.9 Å². The van der Waals surface area contributed by atoms with Crippen molar-refractivity contribution in [3.8, 4) is 0 Å². The van der Waals surface area contributed by atoms with Gasteiger partial charge in [0.15, 0.2) is 0 Å². The molecule has 1 aromatic heterocycles. The van der Waals surface area contributed by atoms with E-state index in [-0.39, 0.29) is 0 Å². The first kappa shape index (κ1) is 12.0. The van der Waals surface area contributed by atoms with Crippen LogP contribution in [-0.4, -0.2) is 23.3 Å². The van der Waals surface area contributed by atoms with Gasteiger partial charge in [0.25, 0.3) is 0 Å². The second-order valence-corrected chi connectivity index (χ2v) is 5.87. The molecule has 1 rings (SSSR count). The third kappa shape index (κ3) is 4.44. The molecular weight excluding hydrogens is 212 g/mol. The number of thioether (sulfide) groups is 1. The zero-order valence-electron chi connectivity index (χ0n) is 8.99. The number of rotatable bonds is 6. The summed E-state index contributed by atoms with van der Waals surface area (Å²) in [4.78, 5) is 4.22.